The standard InChI is InChI=1S/C13H9F3N2O3/c1-21-11-6-8(7-17-12(11)18(19)20)9-4-2-3-5-10(9)13(14,15)16/h2-7H,1H3. The van der Waals surface area contributed by atoms with Gasteiger partial charge in [0.25, 0.3) is 0 Å². The fraction of sp³-hybridized carbons (Fsp3) is 0.154. The molecular formula is C13H9F3N2O3. The second-order valence-electron chi connectivity index (χ2n) is 4.05. The number of nitro groups is 1. The second kappa shape index (κ2) is 5.39. The molecule has 110 valence electrons. The first-order valence-electron chi connectivity index (χ1n) is 5.69. The summed E-state index contributed by atoms with van der Waals surface area (Å²) in [4.78, 5) is 13.5. The maximum atomic E-state index is 13.0. The van der Waals surface area contributed by atoms with Gasteiger partial charge in [-0.05, 0) is 21.5 Å². The molecule has 0 amide bonds. The Labute approximate surface area is 117 Å². The Bertz CT molecular complexity index is 687. The molecule has 0 fully saturated rings. The van der Waals surface area contributed by atoms with Crippen LogP contribution < -0.4 is 4.74 Å². The lowest BCUT2D eigenvalue weighted by Gasteiger charge is -2.12. The molecule has 0 spiro atoms. The van der Waals surface area contributed by atoms with Crippen LogP contribution in [0, 0.1) is 10.1 Å². The summed E-state index contributed by atoms with van der Waals surface area (Å²) < 4.78 is 43.7. The van der Waals surface area contributed by atoms with Crippen LogP contribution in [0.3, 0.4) is 0 Å². The van der Waals surface area contributed by atoms with Crippen LogP contribution in [0.4, 0.5) is 19.0 Å². The lowest BCUT2D eigenvalue weighted by molar-refractivity contribution is -0.390. The Morgan fingerprint density at radius 1 is 1.29 bits per heavy atom. The number of hydrogen-bond donors (Lipinski definition) is 0. The molecule has 0 unspecified atom stereocenters. The number of halogens is 3. The third-order valence-electron chi connectivity index (χ3n) is 2.77. The molecule has 1 heterocycles. The highest BCUT2D eigenvalue weighted by Gasteiger charge is 2.34. The Morgan fingerprint density at radius 3 is 2.52 bits per heavy atom. The summed E-state index contributed by atoms with van der Waals surface area (Å²) in [6.07, 6.45) is -3.52. The molecule has 2 aromatic rings. The molecule has 0 saturated carbocycles. The van der Waals surface area contributed by atoms with Gasteiger partial charge in [0.15, 0.2) is 0 Å². The summed E-state index contributed by atoms with van der Waals surface area (Å²) in [5.74, 6) is -0.750. The molecule has 0 aliphatic carbocycles. The van der Waals surface area contributed by atoms with E-state index in [9.17, 15) is 23.3 Å². The lowest BCUT2D eigenvalue weighted by atomic mass is 10.0. The summed E-state index contributed by atoms with van der Waals surface area (Å²) in [7, 11) is 1.18. The summed E-state index contributed by atoms with van der Waals surface area (Å²) >= 11 is 0. The zero-order valence-corrected chi connectivity index (χ0v) is 10.7. The Balaban J connectivity index is 2.61. The van der Waals surface area contributed by atoms with Gasteiger partial charge in [-0.2, -0.15) is 13.2 Å². The molecule has 8 heteroatoms. The first kappa shape index (κ1) is 14.8. The zero-order valence-electron chi connectivity index (χ0n) is 10.7. The lowest BCUT2D eigenvalue weighted by Crippen LogP contribution is -2.07. The average molecular weight is 298 g/mol. The summed E-state index contributed by atoms with van der Waals surface area (Å²) in [5.41, 5.74) is -0.876. The summed E-state index contributed by atoms with van der Waals surface area (Å²) in [6.45, 7) is 0. The predicted molar refractivity (Wildman–Crippen MR) is 67.9 cm³/mol. The first-order chi connectivity index (χ1) is 9.84. The molecule has 5 nitrogen and oxygen atoms in total. The minimum atomic E-state index is -4.54. The summed E-state index contributed by atoms with van der Waals surface area (Å²) in [5, 5.41) is 10.7. The fourth-order valence-electron chi connectivity index (χ4n) is 1.85. The molecule has 0 saturated heterocycles. The third-order valence-corrected chi connectivity index (χ3v) is 2.77. The molecular weight excluding hydrogens is 289 g/mol. The zero-order chi connectivity index (χ0) is 15.6. The minimum absolute atomic E-state index is 0.0883. The number of ether oxygens (including phenoxy) is 1. The van der Waals surface area contributed by atoms with E-state index in [0.29, 0.717) is 0 Å². The van der Waals surface area contributed by atoms with E-state index in [1.54, 1.807) is 0 Å². The maximum Gasteiger partial charge on any atom is 0.417 e. The van der Waals surface area contributed by atoms with Crippen LogP contribution >= 0.6 is 0 Å². The monoisotopic (exact) mass is 298 g/mol. The number of methoxy groups -OCH3 is 1. The molecule has 0 aliphatic rings. The number of alkyl halides is 3. The molecule has 0 N–H and O–H groups in total. The second-order valence-corrected chi connectivity index (χ2v) is 4.05. The normalized spacial score (nSPS) is 11.2. The van der Waals surface area contributed by atoms with Crippen molar-refractivity contribution in [3.05, 3.63) is 52.2 Å². The van der Waals surface area contributed by atoms with E-state index in [1.165, 1.54) is 25.3 Å². The average Bonchev–Trinajstić information content (AvgIpc) is 2.45. The molecule has 21 heavy (non-hydrogen) atoms. The van der Waals surface area contributed by atoms with Gasteiger partial charge in [-0.15, -0.1) is 0 Å². The molecule has 2 rings (SSSR count). The molecule has 1 aromatic carbocycles. The molecule has 0 atom stereocenters. The van der Waals surface area contributed by atoms with Crippen LogP contribution in [0.2, 0.25) is 0 Å². The highest BCUT2D eigenvalue weighted by Crippen LogP contribution is 2.38. The van der Waals surface area contributed by atoms with Gasteiger partial charge in [0, 0.05) is 11.6 Å². The van der Waals surface area contributed by atoms with Crippen LogP contribution in [0.15, 0.2) is 36.5 Å². The SMILES string of the molecule is COc1cc(-c2ccccc2C(F)(F)F)cnc1[N+](=O)[O-]. The van der Waals surface area contributed by atoms with Crippen LogP contribution in [-0.2, 0) is 6.18 Å². The van der Waals surface area contributed by atoms with Gasteiger partial charge in [-0.3, -0.25) is 0 Å². The number of benzene rings is 1. The van der Waals surface area contributed by atoms with Gasteiger partial charge in [-0.25, -0.2) is 0 Å². The number of pyridine rings is 1. The molecule has 0 radical (unpaired) electrons. The highest BCUT2D eigenvalue weighted by atomic mass is 19.4. The first-order valence-corrected chi connectivity index (χ1v) is 5.69. The van der Waals surface area contributed by atoms with E-state index >= 15 is 0 Å². The molecule has 1 aromatic heterocycles. The number of hydrogen-bond acceptors (Lipinski definition) is 4. The number of rotatable bonds is 3. The summed E-state index contributed by atoms with van der Waals surface area (Å²) in [6, 6.07) is 6.07. The van der Waals surface area contributed by atoms with Crippen molar-refractivity contribution >= 4 is 5.82 Å². The van der Waals surface area contributed by atoms with E-state index < -0.39 is 22.5 Å². The van der Waals surface area contributed by atoms with Crippen LogP contribution in [0.1, 0.15) is 5.56 Å². The van der Waals surface area contributed by atoms with E-state index in [4.69, 9.17) is 4.74 Å². The number of aromatic nitrogens is 1. The third kappa shape index (κ3) is 2.93. The predicted octanol–water partition coefficient (Wildman–Crippen LogP) is 3.68. The van der Waals surface area contributed by atoms with Crippen molar-refractivity contribution in [3.63, 3.8) is 0 Å². The number of nitrogens with zero attached hydrogens (tertiary/aromatic N) is 2. The largest absolute Gasteiger partial charge is 0.489 e. The van der Waals surface area contributed by atoms with Gasteiger partial charge in [-0.1, -0.05) is 18.2 Å². The van der Waals surface area contributed by atoms with Gasteiger partial charge >= 0.3 is 12.0 Å². The topological polar surface area (TPSA) is 65.3 Å². The highest BCUT2D eigenvalue weighted by molar-refractivity contribution is 5.70. The van der Waals surface area contributed by atoms with Crippen molar-refractivity contribution < 1.29 is 22.8 Å². The van der Waals surface area contributed by atoms with Gasteiger partial charge < -0.3 is 14.9 Å². The Morgan fingerprint density at radius 2 is 1.95 bits per heavy atom. The van der Waals surface area contributed by atoms with E-state index in [2.05, 4.69) is 4.98 Å². The van der Waals surface area contributed by atoms with Gasteiger partial charge in [0.1, 0.15) is 6.20 Å². The van der Waals surface area contributed by atoms with Crippen molar-refractivity contribution in [1.29, 1.82) is 0 Å². The van der Waals surface area contributed by atoms with Crippen molar-refractivity contribution in [2.24, 2.45) is 0 Å². The van der Waals surface area contributed by atoms with Crippen molar-refractivity contribution in [1.82, 2.24) is 4.98 Å². The minimum Gasteiger partial charge on any atom is -0.489 e. The van der Waals surface area contributed by atoms with Crippen molar-refractivity contribution in [2.75, 3.05) is 7.11 Å². The van der Waals surface area contributed by atoms with E-state index in [-0.39, 0.29) is 16.9 Å². The van der Waals surface area contributed by atoms with Crippen LogP contribution in [0.25, 0.3) is 11.1 Å². The van der Waals surface area contributed by atoms with Crippen LogP contribution in [-0.4, -0.2) is 17.0 Å². The molecule has 0 bridgehead atoms. The Kier molecular flexibility index (Phi) is 3.79. The van der Waals surface area contributed by atoms with E-state index in [0.717, 1.165) is 18.3 Å². The van der Waals surface area contributed by atoms with Crippen molar-refractivity contribution in [2.45, 2.75) is 6.18 Å². The van der Waals surface area contributed by atoms with E-state index in [1.807, 2.05) is 0 Å². The maximum absolute atomic E-state index is 13.0. The fourth-order valence-corrected chi connectivity index (χ4v) is 1.85. The Hall–Kier alpha value is -2.64. The van der Waals surface area contributed by atoms with Crippen molar-refractivity contribution in [3.8, 4) is 16.9 Å². The van der Waals surface area contributed by atoms with Gasteiger partial charge in [0.05, 0.1) is 12.7 Å². The van der Waals surface area contributed by atoms with Crippen LogP contribution in [0.5, 0.6) is 5.75 Å². The van der Waals surface area contributed by atoms with Gasteiger partial charge in [0.2, 0.25) is 5.75 Å². The smallest absolute Gasteiger partial charge is 0.417 e. The molecule has 0 aliphatic heterocycles. The quantitative estimate of drug-likeness (QED) is 0.640.